The Kier molecular flexibility index (Phi) is 2.81. The van der Waals surface area contributed by atoms with Crippen LogP contribution in [0.5, 0.6) is 0 Å². The molecule has 2 amide bonds. The summed E-state index contributed by atoms with van der Waals surface area (Å²) in [6.45, 7) is 2.58. The third-order valence-electron chi connectivity index (χ3n) is 4.13. The van der Waals surface area contributed by atoms with Gasteiger partial charge in [-0.2, -0.15) is 0 Å². The third-order valence-corrected chi connectivity index (χ3v) is 4.13. The average Bonchev–Trinajstić information content (AvgIpc) is 3.22. The number of hydrogen-bond donors (Lipinski definition) is 1. The van der Waals surface area contributed by atoms with E-state index < -0.39 is 0 Å². The molecule has 100 valence electrons. The van der Waals surface area contributed by atoms with Crippen LogP contribution in [-0.2, 0) is 6.54 Å². The standard InChI is InChI=1S/C15H18N2O2/c1-9(10-3-4-10)14(18)11-5-6-13-12(7-11)8-17(2)15(19)16-13/h5-7,9-10H,3-4,8H2,1-2H3,(H,16,19). The Hall–Kier alpha value is -1.84. The van der Waals surface area contributed by atoms with Gasteiger partial charge in [-0.3, -0.25) is 4.79 Å². The van der Waals surface area contributed by atoms with Crippen molar-refractivity contribution >= 4 is 17.5 Å². The molecule has 1 heterocycles. The zero-order chi connectivity index (χ0) is 13.6. The second-order valence-corrected chi connectivity index (χ2v) is 5.65. The van der Waals surface area contributed by atoms with Gasteiger partial charge in [0.15, 0.2) is 5.78 Å². The molecule has 1 unspecified atom stereocenters. The highest BCUT2D eigenvalue weighted by Gasteiger charge is 2.33. The molecule has 4 heteroatoms. The minimum absolute atomic E-state index is 0.0991. The Morgan fingerprint density at radius 3 is 2.84 bits per heavy atom. The number of benzene rings is 1. The zero-order valence-electron chi connectivity index (χ0n) is 11.3. The van der Waals surface area contributed by atoms with E-state index in [1.807, 2.05) is 25.1 Å². The van der Waals surface area contributed by atoms with Gasteiger partial charge in [0.2, 0.25) is 0 Å². The summed E-state index contributed by atoms with van der Waals surface area (Å²) in [5.41, 5.74) is 2.59. The Morgan fingerprint density at radius 1 is 1.42 bits per heavy atom. The van der Waals surface area contributed by atoms with Crippen LogP contribution in [0.15, 0.2) is 18.2 Å². The van der Waals surface area contributed by atoms with Crippen molar-refractivity contribution in [2.45, 2.75) is 26.3 Å². The lowest BCUT2D eigenvalue weighted by molar-refractivity contribution is 0.0916. The van der Waals surface area contributed by atoms with Crippen LogP contribution in [0.1, 0.15) is 35.7 Å². The van der Waals surface area contributed by atoms with Crippen molar-refractivity contribution in [3.63, 3.8) is 0 Å². The molecule has 2 aliphatic rings. The van der Waals surface area contributed by atoms with Crippen LogP contribution in [0.25, 0.3) is 0 Å². The first-order valence-corrected chi connectivity index (χ1v) is 6.75. The number of Topliss-reactive ketones (excluding diaryl/α,β-unsaturated/α-hetero) is 1. The van der Waals surface area contributed by atoms with Gasteiger partial charge in [0.25, 0.3) is 0 Å². The Morgan fingerprint density at radius 2 is 2.16 bits per heavy atom. The van der Waals surface area contributed by atoms with Crippen molar-refractivity contribution in [2.75, 3.05) is 12.4 Å². The highest BCUT2D eigenvalue weighted by atomic mass is 16.2. The predicted octanol–water partition coefficient (Wildman–Crippen LogP) is 2.89. The first-order valence-electron chi connectivity index (χ1n) is 6.75. The summed E-state index contributed by atoms with van der Waals surface area (Å²) in [7, 11) is 1.75. The van der Waals surface area contributed by atoms with Crippen LogP contribution < -0.4 is 5.32 Å². The van der Waals surface area contributed by atoms with Gasteiger partial charge in [-0.25, -0.2) is 4.79 Å². The van der Waals surface area contributed by atoms with E-state index in [4.69, 9.17) is 0 Å². The number of nitrogens with one attached hydrogen (secondary N) is 1. The molecule has 0 aromatic heterocycles. The van der Waals surface area contributed by atoms with Crippen LogP contribution in [0.2, 0.25) is 0 Å². The largest absolute Gasteiger partial charge is 0.323 e. The van der Waals surface area contributed by atoms with E-state index in [1.165, 1.54) is 12.8 Å². The molecule has 3 rings (SSSR count). The molecule has 1 N–H and O–H groups in total. The van der Waals surface area contributed by atoms with Crippen molar-refractivity contribution < 1.29 is 9.59 Å². The molecule has 0 spiro atoms. The molecule has 4 nitrogen and oxygen atoms in total. The molecular weight excluding hydrogens is 240 g/mol. The molecule has 1 aliphatic carbocycles. The lowest BCUT2D eigenvalue weighted by Gasteiger charge is -2.26. The Labute approximate surface area is 112 Å². The molecule has 1 aromatic rings. The van der Waals surface area contributed by atoms with Crippen molar-refractivity contribution in [1.29, 1.82) is 0 Å². The van der Waals surface area contributed by atoms with Gasteiger partial charge in [-0.1, -0.05) is 6.92 Å². The maximum atomic E-state index is 12.4. The lowest BCUT2D eigenvalue weighted by Crippen LogP contribution is -2.35. The zero-order valence-corrected chi connectivity index (χ0v) is 11.3. The molecule has 1 atom stereocenters. The average molecular weight is 258 g/mol. The third kappa shape index (κ3) is 2.23. The molecule has 1 aromatic carbocycles. The molecule has 0 saturated heterocycles. The minimum atomic E-state index is -0.0991. The second-order valence-electron chi connectivity index (χ2n) is 5.65. The van der Waals surface area contributed by atoms with Crippen LogP contribution in [-0.4, -0.2) is 23.8 Å². The molecule has 0 radical (unpaired) electrons. The predicted molar refractivity (Wildman–Crippen MR) is 73.1 cm³/mol. The molecule has 19 heavy (non-hydrogen) atoms. The molecule has 1 fully saturated rings. The maximum absolute atomic E-state index is 12.4. The van der Waals surface area contributed by atoms with Gasteiger partial charge >= 0.3 is 6.03 Å². The highest BCUT2D eigenvalue weighted by Crippen LogP contribution is 2.38. The maximum Gasteiger partial charge on any atom is 0.321 e. The van der Waals surface area contributed by atoms with E-state index in [9.17, 15) is 9.59 Å². The van der Waals surface area contributed by atoms with Gasteiger partial charge in [0.1, 0.15) is 0 Å². The van der Waals surface area contributed by atoms with Crippen molar-refractivity contribution in [3.8, 4) is 0 Å². The summed E-state index contributed by atoms with van der Waals surface area (Å²) in [6, 6.07) is 5.49. The van der Waals surface area contributed by atoms with Gasteiger partial charge < -0.3 is 10.2 Å². The van der Waals surface area contributed by atoms with Crippen molar-refractivity contribution in [2.24, 2.45) is 11.8 Å². The molecule has 0 bridgehead atoms. The van der Waals surface area contributed by atoms with Gasteiger partial charge in [0, 0.05) is 30.8 Å². The van der Waals surface area contributed by atoms with Crippen molar-refractivity contribution in [1.82, 2.24) is 4.90 Å². The minimum Gasteiger partial charge on any atom is -0.323 e. The number of anilines is 1. The first kappa shape index (κ1) is 12.2. The number of ketones is 1. The number of carbonyl (C=O) groups is 2. The fourth-order valence-electron chi connectivity index (χ4n) is 2.61. The number of urea groups is 1. The number of fused-ring (bicyclic) bond motifs is 1. The number of amides is 2. The van der Waals surface area contributed by atoms with E-state index in [1.54, 1.807) is 11.9 Å². The number of nitrogens with zero attached hydrogens (tertiary/aromatic N) is 1. The summed E-state index contributed by atoms with van der Waals surface area (Å²) in [6.07, 6.45) is 2.35. The van der Waals surface area contributed by atoms with Crippen LogP contribution in [0, 0.1) is 11.8 Å². The van der Waals surface area contributed by atoms with E-state index >= 15 is 0 Å². The Bertz CT molecular complexity index is 549. The quantitative estimate of drug-likeness (QED) is 0.847. The number of carbonyl (C=O) groups excluding carboxylic acids is 2. The van der Waals surface area contributed by atoms with E-state index in [-0.39, 0.29) is 17.7 Å². The van der Waals surface area contributed by atoms with Crippen molar-refractivity contribution in [3.05, 3.63) is 29.3 Å². The summed E-state index contributed by atoms with van der Waals surface area (Å²) in [5.74, 6) is 0.921. The van der Waals surface area contributed by atoms with Crippen LogP contribution >= 0.6 is 0 Å². The topological polar surface area (TPSA) is 49.4 Å². The van der Waals surface area contributed by atoms with E-state index in [0.717, 1.165) is 16.8 Å². The normalized spacial score (nSPS) is 19.7. The monoisotopic (exact) mass is 258 g/mol. The summed E-state index contributed by atoms with van der Waals surface area (Å²) >= 11 is 0. The Balaban J connectivity index is 1.86. The van der Waals surface area contributed by atoms with Gasteiger partial charge in [-0.05, 0) is 42.5 Å². The SMILES string of the molecule is CC(C(=O)c1ccc2c(c1)CN(C)C(=O)N2)C1CC1. The first-order chi connectivity index (χ1) is 9.06. The lowest BCUT2D eigenvalue weighted by atomic mass is 9.93. The smallest absolute Gasteiger partial charge is 0.321 e. The molecule has 1 aliphatic heterocycles. The summed E-state index contributed by atoms with van der Waals surface area (Å²) in [5, 5.41) is 2.82. The van der Waals surface area contributed by atoms with E-state index in [2.05, 4.69) is 5.32 Å². The fourth-order valence-corrected chi connectivity index (χ4v) is 2.61. The van der Waals surface area contributed by atoms with Crippen LogP contribution in [0.3, 0.4) is 0 Å². The van der Waals surface area contributed by atoms with Gasteiger partial charge in [-0.15, -0.1) is 0 Å². The summed E-state index contributed by atoms with van der Waals surface area (Å²) in [4.78, 5) is 25.5. The van der Waals surface area contributed by atoms with E-state index in [0.29, 0.717) is 12.5 Å². The second kappa shape index (κ2) is 4.37. The molecule has 1 saturated carbocycles. The van der Waals surface area contributed by atoms with Gasteiger partial charge in [0.05, 0.1) is 0 Å². The highest BCUT2D eigenvalue weighted by molar-refractivity contribution is 5.99. The fraction of sp³-hybridized carbons (Fsp3) is 0.467. The summed E-state index contributed by atoms with van der Waals surface area (Å²) < 4.78 is 0. The van der Waals surface area contributed by atoms with Crippen LogP contribution in [0.4, 0.5) is 10.5 Å². The number of rotatable bonds is 3. The number of hydrogen-bond acceptors (Lipinski definition) is 2. The molecular formula is C15H18N2O2.